The molecule has 0 aromatic heterocycles. The topological polar surface area (TPSA) is 91.8 Å². The van der Waals surface area contributed by atoms with Gasteiger partial charge in [0, 0.05) is 24.9 Å². The number of piperidine rings is 2. The SMILES string of the molecule is Cc1ccc(S(=O)(=O)N2C[C@H]3C(=O)C[C@@H](c4ccccc4)N(S(=O)(=O)c4ccc(C)cc4)[C@H]3C[C@H]2c2ccccc2)cc1. The number of fused-ring (bicyclic) bond motifs is 1. The number of aryl methyl sites for hydroxylation is 2. The van der Waals surface area contributed by atoms with Crippen molar-refractivity contribution in [1.29, 1.82) is 0 Å². The van der Waals surface area contributed by atoms with Crippen LogP contribution in [-0.2, 0) is 24.8 Å². The van der Waals surface area contributed by atoms with E-state index >= 15 is 0 Å². The highest BCUT2D eigenvalue weighted by Gasteiger charge is 2.54. The molecule has 2 aliphatic heterocycles. The molecule has 2 saturated heterocycles. The van der Waals surface area contributed by atoms with E-state index in [1.807, 2.05) is 74.5 Å². The first-order valence-electron chi connectivity index (χ1n) is 14.4. The lowest BCUT2D eigenvalue weighted by Crippen LogP contribution is -2.60. The molecular weight excluding hydrogens is 581 g/mol. The predicted octanol–water partition coefficient (Wildman–Crippen LogP) is 5.83. The van der Waals surface area contributed by atoms with Gasteiger partial charge >= 0.3 is 0 Å². The van der Waals surface area contributed by atoms with E-state index < -0.39 is 44.1 Å². The van der Waals surface area contributed by atoms with Crippen molar-refractivity contribution in [3.05, 3.63) is 131 Å². The van der Waals surface area contributed by atoms with Crippen LogP contribution in [0.15, 0.2) is 119 Å². The Balaban J connectivity index is 1.50. The van der Waals surface area contributed by atoms with Gasteiger partial charge in [-0.3, -0.25) is 4.79 Å². The van der Waals surface area contributed by atoms with Gasteiger partial charge in [0.1, 0.15) is 5.78 Å². The van der Waals surface area contributed by atoms with Crippen LogP contribution in [0.3, 0.4) is 0 Å². The minimum Gasteiger partial charge on any atom is -0.299 e. The molecule has 2 aliphatic rings. The van der Waals surface area contributed by atoms with Crippen LogP contribution in [0.5, 0.6) is 0 Å². The van der Waals surface area contributed by atoms with E-state index in [9.17, 15) is 21.6 Å². The average molecular weight is 615 g/mol. The van der Waals surface area contributed by atoms with E-state index in [0.717, 1.165) is 22.3 Å². The first-order chi connectivity index (χ1) is 20.6. The Hall–Kier alpha value is -3.63. The van der Waals surface area contributed by atoms with Crippen molar-refractivity contribution in [2.24, 2.45) is 5.92 Å². The van der Waals surface area contributed by atoms with Crippen LogP contribution >= 0.6 is 0 Å². The molecule has 222 valence electrons. The number of carbonyl (C=O) groups is 1. The van der Waals surface area contributed by atoms with Crippen LogP contribution < -0.4 is 0 Å². The minimum absolute atomic E-state index is 0.0370. The van der Waals surface area contributed by atoms with Gasteiger partial charge in [0.05, 0.1) is 21.9 Å². The smallest absolute Gasteiger partial charge is 0.243 e. The quantitative estimate of drug-likeness (QED) is 0.273. The molecule has 0 bridgehead atoms. The Kier molecular flexibility index (Phi) is 7.85. The third-order valence-corrected chi connectivity index (χ3v) is 12.5. The Morgan fingerprint density at radius 1 is 0.605 bits per heavy atom. The highest BCUT2D eigenvalue weighted by Crippen LogP contribution is 2.48. The number of sulfonamides is 2. The summed E-state index contributed by atoms with van der Waals surface area (Å²) in [4.78, 5) is 14.2. The summed E-state index contributed by atoms with van der Waals surface area (Å²) in [6.07, 6.45) is 0.102. The second-order valence-corrected chi connectivity index (χ2v) is 15.2. The Bertz CT molecular complexity index is 1830. The molecule has 2 fully saturated rings. The summed E-state index contributed by atoms with van der Waals surface area (Å²) in [5.41, 5.74) is 3.35. The molecule has 9 heteroatoms. The maximum absolute atomic E-state index is 14.5. The lowest BCUT2D eigenvalue weighted by atomic mass is 9.77. The molecule has 7 nitrogen and oxygen atoms in total. The maximum Gasteiger partial charge on any atom is 0.243 e. The Morgan fingerprint density at radius 2 is 1.07 bits per heavy atom. The number of nitrogens with zero attached hydrogens (tertiary/aromatic N) is 2. The van der Waals surface area contributed by atoms with Crippen molar-refractivity contribution in [2.75, 3.05) is 6.54 Å². The third kappa shape index (κ3) is 5.47. The second kappa shape index (κ2) is 11.5. The van der Waals surface area contributed by atoms with Crippen LogP contribution in [-0.4, -0.2) is 43.8 Å². The standard InChI is InChI=1S/C34H34N2O5S2/c1-24-13-17-28(18-14-24)42(38,39)35-23-30-33(21-31(35)26-9-5-3-6-10-26)36(43(40,41)29-19-15-25(2)16-20-29)32(22-34(30)37)27-11-7-4-8-12-27/h3-20,30-33H,21-23H2,1-2H3/t30-,31+,32+,33+/m1/s1. The average Bonchev–Trinajstić information content (AvgIpc) is 3.01. The van der Waals surface area contributed by atoms with Crippen molar-refractivity contribution in [2.45, 2.75) is 54.6 Å². The normalized spacial score (nSPS) is 23.5. The zero-order valence-electron chi connectivity index (χ0n) is 24.1. The van der Waals surface area contributed by atoms with Crippen molar-refractivity contribution < 1.29 is 21.6 Å². The lowest BCUT2D eigenvalue weighted by Gasteiger charge is -2.51. The molecule has 0 unspecified atom stereocenters. The van der Waals surface area contributed by atoms with Crippen LogP contribution in [0.25, 0.3) is 0 Å². The zero-order chi connectivity index (χ0) is 30.4. The number of rotatable bonds is 6. The van der Waals surface area contributed by atoms with Gasteiger partial charge < -0.3 is 0 Å². The minimum atomic E-state index is -4.07. The van der Waals surface area contributed by atoms with Gasteiger partial charge in [-0.2, -0.15) is 8.61 Å². The molecule has 4 aromatic carbocycles. The van der Waals surface area contributed by atoms with Gasteiger partial charge in [0.25, 0.3) is 0 Å². The summed E-state index contributed by atoms with van der Waals surface area (Å²) >= 11 is 0. The molecular formula is C34H34N2O5S2. The van der Waals surface area contributed by atoms with E-state index in [0.29, 0.717) is 0 Å². The molecule has 0 radical (unpaired) electrons. The van der Waals surface area contributed by atoms with Crippen LogP contribution in [0.4, 0.5) is 0 Å². The van der Waals surface area contributed by atoms with Crippen LogP contribution in [0.1, 0.15) is 47.2 Å². The molecule has 43 heavy (non-hydrogen) atoms. The monoisotopic (exact) mass is 614 g/mol. The zero-order valence-corrected chi connectivity index (χ0v) is 25.7. The second-order valence-electron chi connectivity index (χ2n) is 11.5. The van der Waals surface area contributed by atoms with Gasteiger partial charge in [-0.15, -0.1) is 0 Å². The Labute approximate surface area is 253 Å². The van der Waals surface area contributed by atoms with Crippen molar-refractivity contribution >= 4 is 25.8 Å². The van der Waals surface area contributed by atoms with Crippen molar-refractivity contribution in [3.63, 3.8) is 0 Å². The number of Topliss-reactive ketones (excluding diaryl/α,β-unsaturated/α-hetero) is 1. The van der Waals surface area contributed by atoms with Crippen molar-refractivity contribution in [3.8, 4) is 0 Å². The lowest BCUT2D eigenvalue weighted by molar-refractivity contribution is -0.132. The molecule has 4 aromatic rings. The van der Waals surface area contributed by atoms with E-state index in [1.54, 1.807) is 48.5 Å². The van der Waals surface area contributed by atoms with Gasteiger partial charge in [0.2, 0.25) is 20.0 Å². The summed E-state index contributed by atoms with van der Waals surface area (Å²) in [6.45, 7) is 3.68. The first-order valence-corrected chi connectivity index (χ1v) is 17.3. The third-order valence-electron chi connectivity index (χ3n) is 8.69. The fourth-order valence-corrected chi connectivity index (χ4v) is 9.92. The molecule has 0 aliphatic carbocycles. The maximum atomic E-state index is 14.5. The largest absolute Gasteiger partial charge is 0.299 e. The van der Waals surface area contributed by atoms with E-state index in [4.69, 9.17) is 0 Å². The summed E-state index contributed by atoms with van der Waals surface area (Å²) in [5, 5.41) is 0. The number of ketones is 1. The van der Waals surface area contributed by atoms with Gasteiger partial charge in [0.15, 0.2) is 0 Å². The summed E-state index contributed by atoms with van der Waals surface area (Å²) in [6, 6.07) is 29.8. The fraction of sp³-hybridized carbons (Fsp3) is 0.265. The van der Waals surface area contributed by atoms with Gasteiger partial charge in [-0.25, -0.2) is 16.8 Å². The predicted molar refractivity (Wildman–Crippen MR) is 165 cm³/mol. The molecule has 0 spiro atoms. The van der Waals surface area contributed by atoms with E-state index in [-0.39, 0.29) is 35.0 Å². The Morgan fingerprint density at radius 3 is 1.58 bits per heavy atom. The molecule has 0 N–H and O–H groups in total. The van der Waals surface area contributed by atoms with E-state index in [2.05, 4.69) is 0 Å². The van der Waals surface area contributed by atoms with Gasteiger partial charge in [-0.1, -0.05) is 96.1 Å². The number of benzene rings is 4. The summed E-state index contributed by atoms with van der Waals surface area (Å²) in [7, 11) is -8.08. The molecule has 0 amide bonds. The first kappa shape index (κ1) is 29.4. The van der Waals surface area contributed by atoms with Crippen LogP contribution in [0, 0.1) is 19.8 Å². The molecule has 6 rings (SSSR count). The number of carbonyl (C=O) groups excluding carboxylic acids is 1. The molecule has 0 saturated carbocycles. The van der Waals surface area contributed by atoms with Crippen LogP contribution in [0.2, 0.25) is 0 Å². The number of hydrogen-bond donors (Lipinski definition) is 0. The summed E-state index contributed by atoms with van der Waals surface area (Å²) in [5.74, 6) is -0.954. The van der Waals surface area contributed by atoms with Gasteiger partial charge in [-0.05, 0) is 55.7 Å². The molecule has 4 atom stereocenters. The highest BCUT2D eigenvalue weighted by molar-refractivity contribution is 7.89. The fourth-order valence-electron chi connectivity index (χ4n) is 6.42. The molecule has 2 heterocycles. The highest BCUT2D eigenvalue weighted by atomic mass is 32.2. The van der Waals surface area contributed by atoms with E-state index in [1.165, 1.54) is 8.61 Å². The summed E-state index contributed by atoms with van der Waals surface area (Å²) < 4.78 is 60.2. The number of hydrogen-bond acceptors (Lipinski definition) is 5. The van der Waals surface area contributed by atoms with Crippen molar-refractivity contribution in [1.82, 2.24) is 8.61 Å².